The van der Waals surface area contributed by atoms with Gasteiger partial charge in [0.25, 0.3) is 0 Å². The lowest BCUT2D eigenvalue weighted by molar-refractivity contribution is -0.0511. The minimum atomic E-state index is -0.599. The zero-order valence-electron chi connectivity index (χ0n) is 18.6. The van der Waals surface area contributed by atoms with E-state index >= 15 is 0 Å². The number of likely N-dealkylation sites (tertiary alicyclic amines) is 1. The molecular weight excluding hydrogens is 405 g/mol. The molecule has 32 heavy (non-hydrogen) atoms. The molecule has 1 spiro atoms. The van der Waals surface area contributed by atoms with E-state index in [2.05, 4.69) is 45.9 Å². The first kappa shape index (κ1) is 22.0. The van der Waals surface area contributed by atoms with Gasteiger partial charge in [-0.25, -0.2) is 4.39 Å². The third-order valence-electron chi connectivity index (χ3n) is 7.33. The van der Waals surface area contributed by atoms with Crippen molar-refractivity contribution >= 4 is 0 Å². The van der Waals surface area contributed by atoms with E-state index in [9.17, 15) is 9.50 Å². The van der Waals surface area contributed by atoms with Gasteiger partial charge >= 0.3 is 0 Å². The minimum Gasteiger partial charge on any atom is -0.377 e. The molecule has 1 saturated carbocycles. The standard InChI is InChI=1S/C26H34FN3O2/c27-21-8-6-19(7-9-21)16-28-25(31)17-30-12-10-26(11-13-30)15-22(18-32-26)29-24-14-23(24)20-4-2-1-3-5-20/h1-9,22-25,28-29,31H,10-18H2/t22?,23-,24+,25?/m0/s1. The van der Waals surface area contributed by atoms with Crippen molar-refractivity contribution in [3.05, 3.63) is 71.5 Å². The fraction of sp³-hybridized carbons (Fsp3) is 0.538. The normalized spacial score (nSPS) is 28.1. The third kappa shape index (κ3) is 5.38. The van der Waals surface area contributed by atoms with Gasteiger partial charge in [0.2, 0.25) is 0 Å². The second kappa shape index (κ2) is 9.57. The minimum absolute atomic E-state index is 0.00219. The molecule has 3 aliphatic rings. The maximum absolute atomic E-state index is 13.0. The summed E-state index contributed by atoms with van der Waals surface area (Å²) in [5, 5.41) is 17.3. The molecule has 3 N–H and O–H groups in total. The fourth-order valence-corrected chi connectivity index (χ4v) is 5.34. The molecule has 0 amide bonds. The van der Waals surface area contributed by atoms with Gasteiger partial charge in [-0.3, -0.25) is 10.2 Å². The molecule has 2 aromatic carbocycles. The summed E-state index contributed by atoms with van der Waals surface area (Å²) >= 11 is 0. The molecule has 0 aromatic heterocycles. The van der Waals surface area contributed by atoms with E-state index in [0.29, 0.717) is 31.1 Å². The summed E-state index contributed by atoms with van der Waals surface area (Å²) in [6, 6.07) is 18.2. The molecule has 3 fully saturated rings. The Kier molecular flexibility index (Phi) is 6.58. The highest BCUT2D eigenvalue weighted by molar-refractivity contribution is 5.28. The van der Waals surface area contributed by atoms with Gasteiger partial charge in [-0.2, -0.15) is 0 Å². The van der Waals surface area contributed by atoms with Crippen LogP contribution in [-0.2, 0) is 11.3 Å². The van der Waals surface area contributed by atoms with E-state index in [1.165, 1.54) is 24.1 Å². The molecule has 6 heteroatoms. The van der Waals surface area contributed by atoms with Crippen LogP contribution in [0.15, 0.2) is 54.6 Å². The van der Waals surface area contributed by atoms with Crippen LogP contribution in [0.1, 0.15) is 42.7 Å². The SMILES string of the molecule is OC(CN1CCC2(CC1)CC(N[C@@H]1C[C@H]1c1ccccc1)CO2)NCc1ccc(F)cc1. The van der Waals surface area contributed by atoms with Crippen molar-refractivity contribution < 1.29 is 14.2 Å². The Morgan fingerprint density at radius 3 is 2.59 bits per heavy atom. The smallest absolute Gasteiger partial charge is 0.123 e. The van der Waals surface area contributed by atoms with Gasteiger partial charge in [-0.1, -0.05) is 42.5 Å². The Bertz CT molecular complexity index is 870. The number of nitrogens with one attached hydrogen (secondary N) is 2. The molecule has 2 aromatic rings. The van der Waals surface area contributed by atoms with Gasteiger partial charge in [0.1, 0.15) is 12.0 Å². The zero-order chi connectivity index (χ0) is 22.0. The first-order valence-corrected chi connectivity index (χ1v) is 11.9. The van der Waals surface area contributed by atoms with Crippen molar-refractivity contribution in [3.8, 4) is 0 Å². The Morgan fingerprint density at radius 2 is 1.84 bits per heavy atom. The molecule has 0 bridgehead atoms. The van der Waals surface area contributed by atoms with Gasteiger partial charge in [0.05, 0.1) is 12.2 Å². The lowest BCUT2D eigenvalue weighted by atomic mass is 9.87. The Labute approximate surface area is 190 Å². The van der Waals surface area contributed by atoms with Crippen LogP contribution in [-0.4, -0.2) is 60.2 Å². The number of piperidine rings is 1. The van der Waals surface area contributed by atoms with Crippen molar-refractivity contribution in [1.29, 1.82) is 0 Å². The summed E-state index contributed by atoms with van der Waals surface area (Å²) in [5.41, 5.74) is 2.40. The number of halogens is 1. The molecule has 1 aliphatic carbocycles. The van der Waals surface area contributed by atoms with Crippen molar-refractivity contribution in [2.75, 3.05) is 26.2 Å². The summed E-state index contributed by atoms with van der Waals surface area (Å²) in [7, 11) is 0. The van der Waals surface area contributed by atoms with Crippen LogP contribution in [0, 0.1) is 5.82 Å². The van der Waals surface area contributed by atoms with E-state index in [0.717, 1.165) is 44.5 Å². The number of hydrogen-bond acceptors (Lipinski definition) is 5. The Balaban J connectivity index is 1.02. The Morgan fingerprint density at radius 1 is 1.09 bits per heavy atom. The monoisotopic (exact) mass is 439 g/mol. The first-order valence-electron chi connectivity index (χ1n) is 11.9. The number of nitrogens with zero attached hydrogens (tertiary/aromatic N) is 1. The van der Waals surface area contributed by atoms with Crippen molar-refractivity contribution in [2.24, 2.45) is 0 Å². The second-order valence-electron chi connectivity index (χ2n) is 9.74. The van der Waals surface area contributed by atoms with Crippen molar-refractivity contribution in [2.45, 2.75) is 62.1 Å². The predicted octanol–water partition coefficient (Wildman–Crippen LogP) is 3.00. The second-order valence-corrected chi connectivity index (χ2v) is 9.74. The van der Waals surface area contributed by atoms with Crippen LogP contribution in [0.25, 0.3) is 0 Å². The van der Waals surface area contributed by atoms with E-state index in [1.807, 2.05) is 0 Å². The summed E-state index contributed by atoms with van der Waals surface area (Å²) in [6.07, 6.45) is 3.75. The number of aliphatic hydroxyl groups is 1. The van der Waals surface area contributed by atoms with E-state index in [4.69, 9.17) is 4.74 Å². The first-order chi connectivity index (χ1) is 15.6. The predicted molar refractivity (Wildman–Crippen MR) is 123 cm³/mol. The average molecular weight is 440 g/mol. The van der Waals surface area contributed by atoms with Gasteiger partial charge in [-0.05, 0) is 48.9 Å². The van der Waals surface area contributed by atoms with Crippen LogP contribution in [0.5, 0.6) is 0 Å². The molecule has 5 nitrogen and oxygen atoms in total. The third-order valence-corrected chi connectivity index (χ3v) is 7.33. The summed E-state index contributed by atoms with van der Waals surface area (Å²) in [4.78, 5) is 2.31. The van der Waals surface area contributed by atoms with E-state index in [1.54, 1.807) is 12.1 Å². The van der Waals surface area contributed by atoms with Crippen LogP contribution in [0.3, 0.4) is 0 Å². The molecule has 0 radical (unpaired) electrons. The molecule has 2 heterocycles. The average Bonchev–Trinajstić information content (AvgIpc) is 3.48. The molecule has 2 unspecified atom stereocenters. The molecule has 2 aliphatic heterocycles. The number of rotatable bonds is 8. The highest BCUT2D eigenvalue weighted by atomic mass is 19.1. The van der Waals surface area contributed by atoms with Gasteiger partial charge in [-0.15, -0.1) is 0 Å². The van der Waals surface area contributed by atoms with Gasteiger partial charge in [0.15, 0.2) is 0 Å². The highest BCUT2D eigenvalue weighted by Gasteiger charge is 2.46. The maximum Gasteiger partial charge on any atom is 0.123 e. The van der Waals surface area contributed by atoms with Crippen LogP contribution < -0.4 is 10.6 Å². The number of ether oxygens (including phenoxy) is 1. The van der Waals surface area contributed by atoms with Gasteiger partial charge in [0, 0.05) is 44.2 Å². The van der Waals surface area contributed by atoms with Gasteiger partial charge < -0.3 is 15.2 Å². The summed E-state index contributed by atoms with van der Waals surface area (Å²) < 4.78 is 19.3. The Hall–Kier alpha value is -1.83. The zero-order valence-corrected chi connectivity index (χ0v) is 18.6. The van der Waals surface area contributed by atoms with E-state index < -0.39 is 6.23 Å². The number of hydrogen-bond donors (Lipinski definition) is 3. The topological polar surface area (TPSA) is 56.8 Å². The number of aliphatic hydroxyl groups excluding tert-OH is 1. The molecular formula is C26H34FN3O2. The van der Waals surface area contributed by atoms with Crippen molar-refractivity contribution in [1.82, 2.24) is 15.5 Å². The van der Waals surface area contributed by atoms with Crippen molar-refractivity contribution in [3.63, 3.8) is 0 Å². The molecule has 5 rings (SSSR count). The fourth-order valence-electron chi connectivity index (χ4n) is 5.34. The maximum atomic E-state index is 13.0. The largest absolute Gasteiger partial charge is 0.377 e. The van der Waals surface area contributed by atoms with Crippen LogP contribution >= 0.6 is 0 Å². The highest BCUT2D eigenvalue weighted by Crippen LogP contribution is 2.43. The molecule has 2 saturated heterocycles. The molecule has 4 atom stereocenters. The van der Waals surface area contributed by atoms with Crippen LogP contribution in [0.2, 0.25) is 0 Å². The lowest BCUT2D eigenvalue weighted by Crippen LogP contribution is -2.49. The quantitative estimate of drug-likeness (QED) is 0.552. The lowest BCUT2D eigenvalue weighted by Gasteiger charge is -2.39. The van der Waals surface area contributed by atoms with Crippen LogP contribution in [0.4, 0.5) is 4.39 Å². The van der Waals surface area contributed by atoms with E-state index in [-0.39, 0.29) is 11.4 Å². The molecule has 172 valence electrons. The number of benzene rings is 2. The summed E-state index contributed by atoms with van der Waals surface area (Å²) in [6.45, 7) is 3.82. The number of β-amino-alcohol motifs (C(OH)–C–C–N with tert-alkyl or cyclic N) is 1. The summed E-state index contributed by atoms with van der Waals surface area (Å²) in [5.74, 6) is 0.412.